The van der Waals surface area contributed by atoms with Gasteiger partial charge in [0, 0.05) is 5.54 Å². The lowest BCUT2D eigenvalue weighted by Gasteiger charge is -2.20. The summed E-state index contributed by atoms with van der Waals surface area (Å²) in [5.41, 5.74) is 7.42. The predicted octanol–water partition coefficient (Wildman–Crippen LogP) is 2.04. The van der Waals surface area contributed by atoms with Crippen molar-refractivity contribution in [1.82, 2.24) is 0 Å². The highest BCUT2D eigenvalue weighted by atomic mass is 16.6. The summed E-state index contributed by atoms with van der Waals surface area (Å²) in [4.78, 5) is 0. The number of hydrogen-bond donors (Lipinski definition) is 1. The van der Waals surface area contributed by atoms with Gasteiger partial charge in [-0.05, 0) is 30.0 Å². The third-order valence-corrected chi connectivity index (χ3v) is 3.72. The Bertz CT molecular complexity index is 418. The second kappa shape index (κ2) is 3.39. The molecule has 0 aromatic heterocycles. The van der Waals surface area contributed by atoms with Crippen molar-refractivity contribution in [3.63, 3.8) is 0 Å². The van der Waals surface area contributed by atoms with Gasteiger partial charge in [0.25, 0.3) is 0 Å². The molecule has 1 aromatic rings. The van der Waals surface area contributed by atoms with Gasteiger partial charge in [-0.3, -0.25) is 0 Å². The van der Waals surface area contributed by atoms with E-state index in [2.05, 4.69) is 13.0 Å². The summed E-state index contributed by atoms with van der Waals surface area (Å²) >= 11 is 0. The Hall–Kier alpha value is -1.22. The van der Waals surface area contributed by atoms with Crippen molar-refractivity contribution < 1.29 is 9.47 Å². The Morgan fingerprint density at radius 2 is 2.06 bits per heavy atom. The molecule has 0 spiro atoms. The minimum absolute atomic E-state index is 0.120. The molecule has 1 fully saturated rings. The van der Waals surface area contributed by atoms with E-state index in [-0.39, 0.29) is 5.54 Å². The second-order valence-corrected chi connectivity index (χ2v) is 4.71. The van der Waals surface area contributed by atoms with E-state index in [1.807, 2.05) is 12.1 Å². The molecule has 3 nitrogen and oxygen atoms in total. The summed E-state index contributed by atoms with van der Waals surface area (Å²) in [5, 5.41) is 0. The SMILES string of the molecule is CCC1CC1(N)c1ccc2c(c1)OCCO2. The fraction of sp³-hybridized carbons (Fsp3) is 0.538. The van der Waals surface area contributed by atoms with E-state index in [4.69, 9.17) is 15.2 Å². The van der Waals surface area contributed by atoms with Gasteiger partial charge < -0.3 is 15.2 Å². The Kier molecular flexibility index (Phi) is 2.11. The third kappa shape index (κ3) is 1.39. The fourth-order valence-electron chi connectivity index (χ4n) is 2.54. The van der Waals surface area contributed by atoms with Gasteiger partial charge in [0.15, 0.2) is 11.5 Å². The number of hydrogen-bond acceptors (Lipinski definition) is 3. The summed E-state index contributed by atoms with van der Waals surface area (Å²) in [6.07, 6.45) is 2.23. The Morgan fingerprint density at radius 1 is 1.31 bits per heavy atom. The van der Waals surface area contributed by atoms with Crippen LogP contribution in [0.25, 0.3) is 0 Å². The normalized spacial score (nSPS) is 31.2. The van der Waals surface area contributed by atoms with Crippen LogP contribution in [0.15, 0.2) is 18.2 Å². The molecular weight excluding hydrogens is 202 g/mol. The molecule has 86 valence electrons. The summed E-state index contributed by atoms with van der Waals surface area (Å²) < 4.78 is 11.1. The van der Waals surface area contributed by atoms with Gasteiger partial charge in [0.05, 0.1) is 0 Å². The molecule has 16 heavy (non-hydrogen) atoms. The molecule has 1 saturated carbocycles. The first kappa shape index (κ1) is 9.97. The van der Waals surface area contributed by atoms with E-state index in [0.29, 0.717) is 19.1 Å². The molecule has 0 saturated heterocycles. The van der Waals surface area contributed by atoms with Gasteiger partial charge >= 0.3 is 0 Å². The van der Waals surface area contributed by atoms with Gasteiger partial charge in [-0.25, -0.2) is 0 Å². The van der Waals surface area contributed by atoms with Crippen LogP contribution in [0.4, 0.5) is 0 Å². The first-order valence-corrected chi connectivity index (χ1v) is 5.93. The van der Waals surface area contributed by atoms with Gasteiger partial charge in [-0.2, -0.15) is 0 Å². The van der Waals surface area contributed by atoms with Gasteiger partial charge in [0.2, 0.25) is 0 Å². The van der Waals surface area contributed by atoms with Crippen LogP contribution in [0.2, 0.25) is 0 Å². The van der Waals surface area contributed by atoms with Crippen LogP contribution in [0, 0.1) is 5.92 Å². The molecule has 0 amide bonds. The van der Waals surface area contributed by atoms with E-state index in [1.165, 1.54) is 5.56 Å². The maximum Gasteiger partial charge on any atom is 0.161 e. The molecule has 2 aliphatic rings. The first-order valence-electron chi connectivity index (χ1n) is 5.93. The van der Waals surface area contributed by atoms with Crippen LogP contribution in [0.5, 0.6) is 11.5 Å². The molecule has 2 atom stereocenters. The van der Waals surface area contributed by atoms with Crippen LogP contribution in [-0.2, 0) is 5.54 Å². The highest BCUT2D eigenvalue weighted by molar-refractivity contribution is 5.47. The van der Waals surface area contributed by atoms with Crippen LogP contribution in [0.1, 0.15) is 25.3 Å². The van der Waals surface area contributed by atoms with Crippen molar-refractivity contribution in [2.75, 3.05) is 13.2 Å². The van der Waals surface area contributed by atoms with Gasteiger partial charge in [-0.15, -0.1) is 0 Å². The minimum atomic E-state index is -0.120. The zero-order valence-electron chi connectivity index (χ0n) is 9.53. The maximum atomic E-state index is 6.36. The second-order valence-electron chi connectivity index (χ2n) is 4.71. The molecule has 2 unspecified atom stereocenters. The fourth-order valence-corrected chi connectivity index (χ4v) is 2.54. The standard InChI is InChI=1S/C13H17NO2/c1-2-9-8-13(9,14)10-3-4-11-12(7-10)16-6-5-15-11/h3-4,7,9H,2,5-6,8,14H2,1H3. The summed E-state index contributed by atoms with van der Waals surface area (Å²) in [6, 6.07) is 6.09. The third-order valence-electron chi connectivity index (χ3n) is 3.72. The summed E-state index contributed by atoms with van der Waals surface area (Å²) in [6.45, 7) is 3.46. The van der Waals surface area contributed by atoms with Crippen molar-refractivity contribution in [2.24, 2.45) is 11.7 Å². The molecule has 1 aromatic carbocycles. The predicted molar refractivity (Wildman–Crippen MR) is 61.7 cm³/mol. The van der Waals surface area contributed by atoms with Crippen molar-refractivity contribution in [3.05, 3.63) is 23.8 Å². The number of rotatable bonds is 2. The number of nitrogens with two attached hydrogens (primary N) is 1. The Labute approximate surface area is 95.5 Å². The highest BCUT2D eigenvalue weighted by Crippen LogP contribution is 2.52. The molecule has 2 N–H and O–H groups in total. The molecule has 3 rings (SSSR count). The van der Waals surface area contributed by atoms with E-state index >= 15 is 0 Å². The van der Waals surface area contributed by atoms with E-state index in [9.17, 15) is 0 Å². The lowest BCUT2D eigenvalue weighted by molar-refractivity contribution is 0.171. The van der Waals surface area contributed by atoms with Crippen LogP contribution >= 0.6 is 0 Å². The van der Waals surface area contributed by atoms with Crippen LogP contribution in [-0.4, -0.2) is 13.2 Å². The van der Waals surface area contributed by atoms with Crippen molar-refractivity contribution >= 4 is 0 Å². The quantitative estimate of drug-likeness (QED) is 0.827. The van der Waals surface area contributed by atoms with Crippen LogP contribution < -0.4 is 15.2 Å². The number of ether oxygens (including phenoxy) is 2. The monoisotopic (exact) mass is 219 g/mol. The smallest absolute Gasteiger partial charge is 0.161 e. The minimum Gasteiger partial charge on any atom is -0.486 e. The largest absolute Gasteiger partial charge is 0.486 e. The maximum absolute atomic E-state index is 6.36. The first-order chi connectivity index (χ1) is 7.74. The Balaban J connectivity index is 1.92. The molecule has 1 aliphatic heterocycles. The highest BCUT2D eigenvalue weighted by Gasteiger charge is 2.51. The van der Waals surface area contributed by atoms with Crippen LogP contribution in [0.3, 0.4) is 0 Å². The van der Waals surface area contributed by atoms with E-state index < -0.39 is 0 Å². The molecule has 0 bridgehead atoms. The zero-order valence-corrected chi connectivity index (χ0v) is 9.53. The van der Waals surface area contributed by atoms with Crippen molar-refractivity contribution in [2.45, 2.75) is 25.3 Å². The van der Waals surface area contributed by atoms with Crippen molar-refractivity contribution in [3.8, 4) is 11.5 Å². The number of benzene rings is 1. The lowest BCUT2D eigenvalue weighted by atomic mass is 10.0. The van der Waals surface area contributed by atoms with E-state index in [1.54, 1.807) is 0 Å². The number of fused-ring (bicyclic) bond motifs is 1. The topological polar surface area (TPSA) is 44.5 Å². The average molecular weight is 219 g/mol. The summed E-state index contributed by atoms with van der Waals surface area (Å²) in [7, 11) is 0. The molecule has 0 radical (unpaired) electrons. The molecular formula is C13H17NO2. The molecule has 1 aliphatic carbocycles. The Morgan fingerprint density at radius 3 is 2.75 bits per heavy atom. The van der Waals surface area contributed by atoms with E-state index in [0.717, 1.165) is 24.3 Å². The van der Waals surface area contributed by atoms with Gasteiger partial charge in [0.1, 0.15) is 13.2 Å². The van der Waals surface area contributed by atoms with Gasteiger partial charge in [-0.1, -0.05) is 19.4 Å². The average Bonchev–Trinajstić information content (AvgIpc) is 3.01. The molecule has 1 heterocycles. The summed E-state index contributed by atoms with van der Waals surface area (Å²) in [5.74, 6) is 2.30. The molecule has 3 heteroatoms. The lowest BCUT2D eigenvalue weighted by Crippen LogP contribution is -2.23. The zero-order chi connectivity index (χ0) is 11.2. The van der Waals surface area contributed by atoms with Crippen molar-refractivity contribution in [1.29, 1.82) is 0 Å².